The Morgan fingerprint density at radius 3 is 2.71 bits per heavy atom. The molecule has 0 radical (unpaired) electrons. The van der Waals surface area contributed by atoms with E-state index < -0.39 is 11.4 Å². The zero-order valence-electron chi connectivity index (χ0n) is 13.3. The number of hydrogen-bond acceptors (Lipinski definition) is 2. The van der Waals surface area contributed by atoms with Gasteiger partial charge in [0.2, 0.25) is 0 Å². The maximum atomic E-state index is 12.1. The zero-order valence-corrected chi connectivity index (χ0v) is 17.2. The molecule has 0 aliphatic heterocycles. The Morgan fingerprint density at radius 2 is 2.21 bits per heavy atom. The van der Waals surface area contributed by atoms with Crippen LogP contribution in [0, 0.1) is 28.1 Å². The van der Waals surface area contributed by atoms with E-state index in [1.54, 1.807) is 16.7 Å². The first-order valence-corrected chi connectivity index (χ1v) is 9.33. The Bertz CT molecular complexity index is 757. The second-order valence-electron chi connectivity index (χ2n) is 6.47. The maximum Gasteiger partial charge on any atom is 0.311 e. The van der Waals surface area contributed by atoms with Crippen LogP contribution in [0.3, 0.4) is 0 Å². The molecule has 24 heavy (non-hydrogen) atoms. The van der Waals surface area contributed by atoms with Gasteiger partial charge in [-0.15, -0.1) is 0 Å². The largest absolute Gasteiger partial charge is 0.481 e. The molecule has 7 heteroatoms. The fourth-order valence-electron chi connectivity index (χ4n) is 3.58. The van der Waals surface area contributed by atoms with Crippen molar-refractivity contribution in [2.75, 3.05) is 0 Å². The molecule has 2 atom stereocenters. The molecule has 1 N–H and O–H groups in total. The highest BCUT2D eigenvalue weighted by atomic mass is 79.9. The fourth-order valence-corrected chi connectivity index (χ4v) is 4.19. The number of allylic oxidation sites excluding steroid dienone is 2. The molecule has 0 amide bonds. The normalized spacial score (nSPS) is 24.6. The van der Waals surface area contributed by atoms with E-state index in [0.29, 0.717) is 18.7 Å². The van der Waals surface area contributed by atoms with Crippen molar-refractivity contribution in [1.29, 1.82) is 5.26 Å². The molecule has 128 valence electrons. The highest BCUT2D eigenvalue weighted by Crippen LogP contribution is 2.71. The predicted octanol–water partition coefficient (Wildman–Crippen LogP) is 5.01. The van der Waals surface area contributed by atoms with Crippen LogP contribution in [0.1, 0.15) is 25.1 Å². The average Bonchev–Trinajstić information content (AvgIpc) is 2.82. The number of carbonyl (C=O) groups is 1. The number of halogens is 3. The predicted molar refractivity (Wildman–Crippen MR) is 101 cm³/mol. The molecule has 2 rings (SSSR count). The summed E-state index contributed by atoms with van der Waals surface area (Å²) in [6.07, 6.45) is 5.83. The lowest BCUT2D eigenvalue weighted by molar-refractivity contribution is -0.145. The maximum absolute atomic E-state index is 12.1. The quantitative estimate of drug-likeness (QED) is 0.628. The lowest BCUT2D eigenvalue weighted by Gasteiger charge is -2.14. The Morgan fingerprint density at radius 1 is 1.54 bits per heavy atom. The first kappa shape index (κ1) is 19.3. The summed E-state index contributed by atoms with van der Waals surface area (Å²) in [4.78, 5) is 12.1. The van der Waals surface area contributed by atoms with E-state index in [1.807, 2.05) is 26.1 Å². The van der Waals surface area contributed by atoms with Crippen LogP contribution in [-0.2, 0) is 17.8 Å². The molecule has 0 aromatic carbocycles. The number of nitriles is 1. The van der Waals surface area contributed by atoms with Crippen molar-refractivity contribution < 1.29 is 9.90 Å². The number of aromatic nitrogens is 1. The lowest BCUT2D eigenvalue weighted by Crippen LogP contribution is -2.24. The number of carboxylic acids is 1. The monoisotopic (exact) mass is 474 g/mol. The third-order valence-electron chi connectivity index (χ3n) is 4.99. The summed E-state index contributed by atoms with van der Waals surface area (Å²) in [6, 6.07) is 3.89. The van der Waals surface area contributed by atoms with E-state index in [1.165, 1.54) is 5.54 Å². The second kappa shape index (κ2) is 7.07. The Balaban J connectivity index is 2.37. The van der Waals surface area contributed by atoms with Crippen molar-refractivity contribution in [3.05, 3.63) is 44.6 Å². The fraction of sp³-hybridized carbons (Fsp3) is 0.412. The van der Waals surface area contributed by atoms with Crippen LogP contribution >= 0.6 is 43.5 Å². The summed E-state index contributed by atoms with van der Waals surface area (Å²) in [7, 11) is 0. The minimum atomic E-state index is -0.888. The van der Waals surface area contributed by atoms with Crippen molar-refractivity contribution in [3.63, 3.8) is 0 Å². The van der Waals surface area contributed by atoms with Crippen LogP contribution in [-0.4, -0.2) is 15.6 Å². The van der Waals surface area contributed by atoms with Crippen LogP contribution in [0.2, 0.25) is 0 Å². The van der Waals surface area contributed by atoms with Gasteiger partial charge in [-0.05, 0) is 55.3 Å². The van der Waals surface area contributed by atoms with Gasteiger partial charge in [0.05, 0.1) is 8.81 Å². The molecule has 4 nitrogen and oxygen atoms in total. The lowest BCUT2D eigenvalue weighted by atomic mass is 9.89. The van der Waals surface area contributed by atoms with Gasteiger partial charge in [-0.2, -0.15) is 5.26 Å². The molecule has 1 aromatic heterocycles. The molecule has 0 unspecified atom stereocenters. The van der Waals surface area contributed by atoms with Gasteiger partial charge < -0.3 is 9.67 Å². The van der Waals surface area contributed by atoms with Gasteiger partial charge in [-0.3, -0.25) is 4.79 Å². The molecule has 1 fully saturated rings. The SMILES string of the molecule is CC1(C)[C@@H](C=C(Br)Br)[C@@]1(Cc1cc(C#N)n(C/C=C/Cl)c1)C(=O)O. The molecule has 0 bridgehead atoms. The summed E-state index contributed by atoms with van der Waals surface area (Å²) in [5, 5.41) is 19.2. The molecule has 1 aliphatic rings. The van der Waals surface area contributed by atoms with E-state index in [-0.39, 0.29) is 11.3 Å². The molecular formula is C17H17Br2ClN2O2. The van der Waals surface area contributed by atoms with Gasteiger partial charge in [0.25, 0.3) is 0 Å². The zero-order chi connectivity index (χ0) is 18.1. The van der Waals surface area contributed by atoms with E-state index >= 15 is 0 Å². The van der Waals surface area contributed by atoms with Crippen LogP contribution < -0.4 is 0 Å². The molecule has 0 saturated heterocycles. The van der Waals surface area contributed by atoms with Crippen molar-refractivity contribution in [3.8, 4) is 6.07 Å². The number of hydrogen-bond donors (Lipinski definition) is 1. The molecule has 1 aliphatic carbocycles. The minimum Gasteiger partial charge on any atom is -0.481 e. The summed E-state index contributed by atoms with van der Waals surface area (Å²) < 4.78 is 2.52. The van der Waals surface area contributed by atoms with E-state index in [9.17, 15) is 15.2 Å². The summed E-state index contributed by atoms with van der Waals surface area (Å²) in [6.45, 7) is 4.40. The Kier molecular flexibility index (Phi) is 5.68. The minimum absolute atomic E-state index is 0.104. The molecule has 1 aromatic rings. The average molecular weight is 477 g/mol. The number of aliphatic carboxylic acids is 1. The number of carboxylic acid groups (broad SMARTS) is 1. The standard InChI is InChI=1S/C17H17Br2ClN2O2/c1-16(2)13(7-14(18)19)17(16,15(23)24)8-11-6-12(9-21)22(10-11)5-3-4-20/h3-4,6-7,10,13H,5,8H2,1-2H3,(H,23,24)/b4-3+/t13-,17+/m1/s1. The van der Waals surface area contributed by atoms with Gasteiger partial charge in [0.1, 0.15) is 11.8 Å². The first-order chi connectivity index (χ1) is 11.2. The third kappa shape index (κ3) is 3.22. The molecule has 1 heterocycles. The summed E-state index contributed by atoms with van der Waals surface area (Å²) >= 11 is 12.2. The van der Waals surface area contributed by atoms with Gasteiger partial charge in [0.15, 0.2) is 0 Å². The molecule has 1 saturated carbocycles. The number of rotatable bonds is 6. The highest BCUT2D eigenvalue weighted by molar-refractivity contribution is 9.28. The van der Waals surface area contributed by atoms with Gasteiger partial charge in [-0.1, -0.05) is 37.6 Å². The van der Waals surface area contributed by atoms with Crippen molar-refractivity contribution >= 4 is 49.4 Å². The summed E-state index contributed by atoms with van der Waals surface area (Å²) in [5.74, 6) is -0.921. The first-order valence-electron chi connectivity index (χ1n) is 7.31. The van der Waals surface area contributed by atoms with Gasteiger partial charge >= 0.3 is 5.97 Å². The van der Waals surface area contributed by atoms with Crippen molar-refractivity contribution in [2.45, 2.75) is 26.8 Å². The van der Waals surface area contributed by atoms with Gasteiger partial charge in [-0.25, -0.2) is 0 Å². The number of nitrogens with zero attached hydrogens (tertiary/aromatic N) is 2. The van der Waals surface area contributed by atoms with Crippen LogP contribution in [0.5, 0.6) is 0 Å². The smallest absolute Gasteiger partial charge is 0.311 e. The Labute approximate surface area is 163 Å². The van der Waals surface area contributed by atoms with E-state index in [4.69, 9.17) is 11.6 Å². The Hall–Kier alpha value is -1.03. The van der Waals surface area contributed by atoms with Crippen molar-refractivity contribution in [1.82, 2.24) is 4.57 Å². The van der Waals surface area contributed by atoms with Crippen LogP contribution in [0.25, 0.3) is 0 Å². The summed E-state index contributed by atoms with van der Waals surface area (Å²) in [5.41, 5.74) is 1.47. The topological polar surface area (TPSA) is 66.0 Å². The third-order valence-corrected chi connectivity index (χ3v) is 5.70. The van der Waals surface area contributed by atoms with Crippen LogP contribution in [0.15, 0.2) is 33.3 Å². The van der Waals surface area contributed by atoms with Crippen molar-refractivity contribution in [2.24, 2.45) is 16.7 Å². The van der Waals surface area contributed by atoms with E-state index in [0.717, 1.165) is 8.96 Å². The molecular weight excluding hydrogens is 459 g/mol. The highest BCUT2D eigenvalue weighted by Gasteiger charge is 2.74. The second-order valence-corrected chi connectivity index (χ2v) is 9.49. The van der Waals surface area contributed by atoms with E-state index in [2.05, 4.69) is 37.9 Å². The molecule has 0 spiro atoms. The van der Waals surface area contributed by atoms with Gasteiger partial charge in [0, 0.05) is 24.2 Å². The van der Waals surface area contributed by atoms with Crippen LogP contribution in [0.4, 0.5) is 0 Å².